The van der Waals surface area contributed by atoms with Crippen molar-refractivity contribution in [2.24, 2.45) is 5.92 Å². The lowest BCUT2D eigenvalue weighted by Crippen LogP contribution is -2.21. The Kier molecular flexibility index (Phi) is 5.51. The minimum Gasteiger partial charge on any atom is -0.396 e. The van der Waals surface area contributed by atoms with Gasteiger partial charge in [0.1, 0.15) is 0 Å². The van der Waals surface area contributed by atoms with E-state index in [2.05, 4.69) is 0 Å². The highest BCUT2D eigenvalue weighted by Crippen LogP contribution is 2.16. The van der Waals surface area contributed by atoms with Gasteiger partial charge in [-0.3, -0.25) is 0 Å². The molecule has 1 rings (SSSR count). The van der Waals surface area contributed by atoms with Gasteiger partial charge in [-0.25, -0.2) is 8.78 Å². The molecule has 0 aliphatic rings. The van der Waals surface area contributed by atoms with E-state index in [1.54, 1.807) is 0 Å². The van der Waals surface area contributed by atoms with Gasteiger partial charge in [-0.05, 0) is 18.4 Å². The van der Waals surface area contributed by atoms with Gasteiger partial charge in [0.25, 0.3) is 0 Å². The molecule has 0 aliphatic heterocycles. The molecule has 17 heavy (non-hydrogen) atoms. The first-order valence-electron chi connectivity index (χ1n) is 5.71. The predicted octanol–water partition coefficient (Wildman–Crippen LogP) is 2.89. The molecule has 0 saturated carbocycles. The summed E-state index contributed by atoms with van der Waals surface area (Å²) in [5.41, 5.74) is 0.202. The van der Waals surface area contributed by atoms with Gasteiger partial charge in [-0.1, -0.05) is 26.0 Å². The summed E-state index contributed by atoms with van der Waals surface area (Å²) >= 11 is 0. The summed E-state index contributed by atoms with van der Waals surface area (Å²) in [6.45, 7) is 3.96. The lowest BCUT2D eigenvalue weighted by molar-refractivity contribution is -0.00536. The van der Waals surface area contributed by atoms with Crippen molar-refractivity contribution in [2.45, 2.75) is 33.0 Å². The van der Waals surface area contributed by atoms with Gasteiger partial charge in [0, 0.05) is 12.2 Å². The molecule has 1 N–H and O–H groups in total. The highest BCUT2D eigenvalue weighted by molar-refractivity contribution is 5.18. The van der Waals surface area contributed by atoms with Crippen LogP contribution in [0, 0.1) is 17.6 Å². The molecular weight excluding hydrogens is 226 g/mol. The summed E-state index contributed by atoms with van der Waals surface area (Å²) < 4.78 is 31.8. The van der Waals surface area contributed by atoms with Gasteiger partial charge in [0.05, 0.1) is 12.7 Å². The Hall–Kier alpha value is -1.00. The lowest BCUT2D eigenvalue weighted by Gasteiger charge is -2.20. The maximum Gasteiger partial charge on any atom is 0.164 e. The van der Waals surface area contributed by atoms with E-state index in [0.717, 1.165) is 6.07 Å². The van der Waals surface area contributed by atoms with E-state index in [1.807, 2.05) is 13.8 Å². The molecular formula is C13H18F2O2. The molecule has 1 aromatic rings. The SMILES string of the molecule is CC(C)C(CCO)OCc1cccc(F)c1F. The average Bonchev–Trinajstić information content (AvgIpc) is 2.29. The highest BCUT2D eigenvalue weighted by Gasteiger charge is 2.15. The van der Waals surface area contributed by atoms with Crippen molar-refractivity contribution in [3.8, 4) is 0 Å². The summed E-state index contributed by atoms with van der Waals surface area (Å²) in [4.78, 5) is 0. The summed E-state index contributed by atoms with van der Waals surface area (Å²) in [7, 11) is 0. The van der Waals surface area contributed by atoms with Crippen molar-refractivity contribution in [2.75, 3.05) is 6.61 Å². The number of ether oxygens (including phenoxy) is 1. The second kappa shape index (κ2) is 6.67. The highest BCUT2D eigenvalue weighted by atomic mass is 19.2. The first kappa shape index (κ1) is 14.1. The van der Waals surface area contributed by atoms with Crippen molar-refractivity contribution in [1.29, 1.82) is 0 Å². The summed E-state index contributed by atoms with van der Waals surface area (Å²) in [6.07, 6.45) is 0.344. The molecule has 0 aromatic heterocycles. The fraction of sp³-hybridized carbons (Fsp3) is 0.538. The minimum atomic E-state index is -0.866. The van der Waals surface area contributed by atoms with Gasteiger partial charge in [-0.15, -0.1) is 0 Å². The van der Waals surface area contributed by atoms with Crippen LogP contribution in [0.4, 0.5) is 8.78 Å². The van der Waals surface area contributed by atoms with E-state index in [1.165, 1.54) is 12.1 Å². The Morgan fingerprint density at radius 1 is 1.29 bits per heavy atom. The topological polar surface area (TPSA) is 29.5 Å². The summed E-state index contributed by atoms with van der Waals surface area (Å²) in [5, 5.41) is 8.87. The zero-order valence-electron chi connectivity index (χ0n) is 10.1. The minimum absolute atomic E-state index is 0.0203. The Bertz CT molecular complexity index is 353. The molecule has 1 aromatic carbocycles. The Morgan fingerprint density at radius 2 is 2.00 bits per heavy atom. The molecule has 0 radical (unpaired) electrons. The van der Waals surface area contributed by atoms with Crippen molar-refractivity contribution < 1.29 is 18.6 Å². The van der Waals surface area contributed by atoms with Gasteiger partial charge in [0.2, 0.25) is 0 Å². The maximum absolute atomic E-state index is 13.3. The summed E-state index contributed by atoms with van der Waals surface area (Å²) in [6, 6.07) is 4.02. The molecule has 0 amide bonds. The van der Waals surface area contributed by atoms with Crippen LogP contribution in [0.1, 0.15) is 25.8 Å². The Labute approximate surface area is 100 Å². The predicted molar refractivity (Wildman–Crippen MR) is 61.5 cm³/mol. The molecule has 0 heterocycles. The van der Waals surface area contributed by atoms with E-state index in [0.29, 0.717) is 6.42 Å². The van der Waals surface area contributed by atoms with Crippen molar-refractivity contribution in [3.63, 3.8) is 0 Å². The number of hydrogen-bond acceptors (Lipinski definition) is 2. The van der Waals surface area contributed by atoms with Crippen LogP contribution in [0.25, 0.3) is 0 Å². The van der Waals surface area contributed by atoms with Crippen LogP contribution < -0.4 is 0 Å². The first-order valence-corrected chi connectivity index (χ1v) is 5.71. The van der Waals surface area contributed by atoms with Crippen LogP contribution in [0.15, 0.2) is 18.2 Å². The lowest BCUT2D eigenvalue weighted by atomic mass is 10.0. The maximum atomic E-state index is 13.3. The Morgan fingerprint density at radius 3 is 2.59 bits per heavy atom. The van der Waals surface area contributed by atoms with Crippen LogP contribution in [-0.4, -0.2) is 17.8 Å². The van der Waals surface area contributed by atoms with Crippen molar-refractivity contribution >= 4 is 0 Å². The third-order valence-corrected chi connectivity index (χ3v) is 2.64. The van der Waals surface area contributed by atoms with Gasteiger partial charge < -0.3 is 9.84 Å². The molecule has 0 fully saturated rings. The smallest absolute Gasteiger partial charge is 0.164 e. The molecule has 0 aliphatic carbocycles. The van der Waals surface area contributed by atoms with Gasteiger partial charge in [-0.2, -0.15) is 0 Å². The number of rotatable bonds is 6. The standard InChI is InChI=1S/C13H18F2O2/c1-9(2)12(6-7-16)17-8-10-4-3-5-11(14)13(10)15/h3-5,9,12,16H,6-8H2,1-2H3. The molecule has 0 spiro atoms. The van der Waals surface area contributed by atoms with E-state index < -0.39 is 11.6 Å². The molecule has 1 atom stereocenters. The van der Waals surface area contributed by atoms with Crippen molar-refractivity contribution in [3.05, 3.63) is 35.4 Å². The fourth-order valence-electron chi connectivity index (χ4n) is 1.59. The number of aliphatic hydroxyl groups excluding tert-OH is 1. The third kappa shape index (κ3) is 4.06. The normalized spacial score (nSPS) is 13.1. The van der Waals surface area contributed by atoms with E-state index in [4.69, 9.17) is 9.84 Å². The molecule has 1 unspecified atom stereocenters. The van der Waals surface area contributed by atoms with Crippen LogP contribution >= 0.6 is 0 Å². The second-order valence-corrected chi connectivity index (χ2v) is 4.32. The largest absolute Gasteiger partial charge is 0.396 e. The number of benzene rings is 1. The van der Waals surface area contributed by atoms with Crippen LogP contribution in [-0.2, 0) is 11.3 Å². The van der Waals surface area contributed by atoms with E-state index in [-0.39, 0.29) is 30.8 Å². The molecule has 0 bridgehead atoms. The number of hydrogen-bond donors (Lipinski definition) is 1. The molecule has 96 valence electrons. The molecule has 2 nitrogen and oxygen atoms in total. The van der Waals surface area contributed by atoms with Gasteiger partial charge in [0.15, 0.2) is 11.6 Å². The number of halogens is 2. The van der Waals surface area contributed by atoms with E-state index in [9.17, 15) is 8.78 Å². The monoisotopic (exact) mass is 244 g/mol. The van der Waals surface area contributed by atoms with Crippen LogP contribution in [0.3, 0.4) is 0 Å². The molecule has 0 saturated heterocycles. The summed E-state index contributed by atoms with van der Waals surface area (Å²) in [5.74, 6) is -1.51. The second-order valence-electron chi connectivity index (χ2n) is 4.32. The number of aliphatic hydroxyl groups is 1. The zero-order chi connectivity index (χ0) is 12.8. The van der Waals surface area contributed by atoms with Crippen LogP contribution in [0.2, 0.25) is 0 Å². The third-order valence-electron chi connectivity index (χ3n) is 2.64. The quantitative estimate of drug-likeness (QED) is 0.833. The zero-order valence-corrected chi connectivity index (χ0v) is 10.1. The van der Waals surface area contributed by atoms with E-state index >= 15 is 0 Å². The Balaban J connectivity index is 2.62. The van der Waals surface area contributed by atoms with Crippen molar-refractivity contribution in [1.82, 2.24) is 0 Å². The van der Waals surface area contributed by atoms with Crippen LogP contribution in [0.5, 0.6) is 0 Å². The average molecular weight is 244 g/mol. The molecule has 4 heteroatoms. The fourth-order valence-corrected chi connectivity index (χ4v) is 1.59. The van der Waals surface area contributed by atoms with Gasteiger partial charge >= 0.3 is 0 Å². The first-order chi connectivity index (χ1) is 8.06.